The van der Waals surface area contributed by atoms with Gasteiger partial charge in [-0.25, -0.2) is 9.59 Å². The second kappa shape index (κ2) is 8.90. The van der Waals surface area contributed by atoms with Crippen molar-refractivity contribution in [2.45, 2.75) is 13.8 Å². The van der Waals surface area contributed by atoms with Gasteiger partial charge in [-0.05, 0) is 50.2 Å². The van der Waals surface area contributed by atoms with Gasteiger partial charge < -0.3 is 18.3 Å². The molecule has 2 heterocycles. The highest BCUT2D eigenvalue weighted by Crippen LogP contribution is 2.20. The van der Waals surface area contributed by atoms with Crippen molar-refractivity contribution in [3.8, 4) is 11.5 Å². The Hall–Kier alpha value is -3.54. The lowest BCUT2D eigenvalue weighted by atomic mass is 10.2. The van der Waals surface area contributed by atoms with Crippen LogP contribution in [-0.2, 0) is 0 Å². The highest BCUT2D eigenvalue weighted by Gasteiger charge is 2.00. The van der Waals surface area contributed by atoms with Gasteiger partial charge in [0.15, 0.2) is 0 Å². The number of rotatable bonds is 4. The van der Waals surface area contributed by atoms with Gasteiger partial charge >= 0.3 is 11.3 Å². The molecule has 28 heavy (non-hydrogen) atoms. The van der Waals surface area contributed by atoms with E-state index in [0.717, 1.165) is 10.8 Å². The van der Waals surface area contributed by atoms with Crippen LogP contribution in [0.3, 0.4) is 0 Å². The van der Waals surface area contributed by atoms with E-state index in [1.54, 1.807) is 24.3 Å². The molecule has 0 spiro atoms. The van der Waals surface area contributed by atoms with Gasteiger partial charge in [-0.1, -0.05) is 0 Å². The standard InChI is InChI=1S/2C11H10O3/c2*1-2-13-9-5-3-8-4-6-11(12)14-10(8)7-9/h2*3-7H,2H2,1H3. The van der Waals surface area contributed by atoms with E-state index in [4.69, 9.17) is 18.3 Å². The number of ether oxygens (including phenoxy) is 2. The van der Waals surface area contributed by atoms with Crippen LogP contribution < -0.4 is 20.7 Å². The Morgan fingerprint density at radius 1 is 0.643 bits per heavy atom. The minimum atomic E-state index is -0.342. The van der Waals surface area contributed by atoms with Gasteiger partial charge in [0.25, 0.3) is 0 Å². The molecule has 0 amide bonds. The summed E-state index contributed by atoms with van der Waals surface area (Å²) in [5.74, 6) is 1.43. The molecule has 0 unspecified atom stereocenters. The molecule has 0 saturated heterocycles. The molecule has 6 heteroatoms. The van der Waals surface area contributed by atoms with Crippen LogP contribution in [0.15, 0.2) is 79.1 Å². The predicted octanol–water partition coefficient (Wildman–Crippen LogP) is 4.38. The zero-order chi connectivity index (χ0) is 19.9. The van der Waals surface area contributed by atoms with E-state index in [0.29, 0.717) is 35.9 Å². The van der Waals surface area contributed by atoms with Crippen LogP contribution in [0.25, 0.3) is 21.9 Å². The third-order valence-electron chi connectivity index (χ3n) is 3.81. The highest BCUT2D eigenvalue weighted by atomic mass is 16.5. The zero-order valence-electron chi connectivity index (χ0n) is 15.6. The van der Waals surface area contributed by atoms with Crippen LogP contribution in [0.5, 0.6) is 11.5 Å². The van der Waals surface area contributed by atoms with E-state index in [1.807, 2.05) is 38.1 Å². The molecular weight excluding hydrogens is 360 g/mol. The average Bonchev–Trinajstić information content (AvgIpc) is 2.68. The van der Waals surface area contributed by atoms with E-state index < -0.39 is 0 Å². The molecule has 0 aliphatic heterocycles. The predicted molar refractivity (Wildman–Crippen MR) is 107 cm³/mol. The summed E-state index contributed by atoms with van der Waals surface area (Å²) < 4.78 is 20.6. The van der Waals surface area contributed by atoms with Gasteiger partial charge in [0.1, 0.15) is 22.7 Å². The molecule has 0 fully saturated rings. The Bertz CT molecular complexity index is 1090. The van der Waals surface area contributed by atoms with Gasteiger partial charge in [0.2, 0.25) is 0 Å². The van der Waals surface area contributed by atoms with Crippen LogP contribution in [0.4, 0.5) is 0 Å². The molecule has 0 radical (unpaired) electrons. The van der Waals surface area contributed by atoms with Crippen molar-refractivity contribution in [3.05, 3.63) is 81.5 Å². The lowest BCUT2D eigenvalue weighted by Crippen LogP contribution is -1.95. The number of benzene rings is 2. The molecule has 2 aromatic heterocycles. The van der Waals surface area contributed by atoms with Crippen molar-refractivity contribution >= 4 is 21.9 Å². The maximum atomic E-state index is 10.9. The third-order valence-corrected chi connectivity index (χ3v) is 3.81. The van der Waals surface area contributed by atoms with Crippen LogP contribution in [0.2, 0.25) is 0 Å². The fourth-order valence-electron chi connectivity index (χ4n) is 2.59. The van der Waals surface area contributed by atoms with Gasteiger partial charge in [0.05, 0.1) is 13.2 Å². The Morgan fingerprint density at radius 2 is 1.04 bits per heavy atom. The molecule has 6 nitrogen and oxygen atoms in total. The number of hydrogen-bond acceptors (Lipinski definition) is 6. The topological polar surface area (TPSA) is 78.9 Å². The summed E-state index contributed by atoms with van der Waals surface area (Å²) in [5, 5.41) is 1.79. The largest absolute Gasteiger partial charge is 0.494 e. The summed E-state index contributed by atoms with van der Waals surface area (Å²) >= 11 is 0. The minimum Gasteiger partial charge on any atom is -0.494 e. The van der Waals surface area contributed by atoms with E-state index in [-0.39, 0.29) is 11.3 Å². The third kappa shape index (κ3) is 4.79. The van der Waals surface area contributed by atoms with E-state index in [2.05, 4.69) is 0 Å². The Morgan fingerprint density at radius 3 is 1.43 bits per heavy atom. The van der Waals surface area contributed by atoms with Crippen LogP contribution in [0, 0.1) is 0 Å². The van der Waals surface area contributed by atoms with Gasteiger partial charge in [-0.3, -0.25) is 0 Å². The summed E-state index contributed by atoms with van der Waals surface area (Å²) in [5.41, 5.74) is 0.434. The highest BCUT2D eigenvalue weighted by molar-refractivity contribution is 5.78. The quantitative estimate of drug-likeness (QED) is 0.489. The first-order valence-corrected chi connectivity index (χ1v) is 8.92. The Kier molecular flexibility index (Phi) is 6.11. The van der Waals surface area contributed by atoms with Crippen LogP contribution >= 0.6 is 0 Å². The first-order valence-electron chi connectivity index (χ1n) is 8.92. The fraction of sp³-hybridized carbons (Fsp3) is 0.182. The van der Waals surface area contributed by atoms with Gasteiger partial charge in [-0.2, -0.15) is 0 Å². The van der Waals surface area contributed by atoms with Crippen molar-refractivity contribution in [3.63, 3.8) is 0 Å². The molecule has 0 N–H and O–H groups in total. The van der Waals surface area contributed by atoms with E-state index in [9.17, 15) is 9.59 Å². The van der Waals surface area contributed by atoms with Crippen molar-refractivity contribution < 1.29 is 18.3 Å². The average molecular weight is 380 g/mol. The summed E-state index contributed by atoms with van der Waals surface area (Å²) in [6, 6.07) is 17.2. The fourth-order valence-corrected chi connectivity index (χ4v) is 2.59. The Balaban J connectivity index is 0.000000161. The Labute approximate surface area is 160 Å². The molecule has 0 aliphatic carbocycles. The summed E-state index contributed by atoms with van der Waals surface area (Å²) in [7, 11) is 0. The molecule has 144 valence electrons. The van der Waals surface area contributed by atoms with Crippen molar-refractivity contribution in [2.24, 2.45) is 0 Å². The van der Waals surface area contributed by atoms with Crippen LogP contribution in [0.1, 0.15) is 13.8 Å². The molecule has 2 aromatic carbocycles. The van der Waals surface area contributed by atoms with Crippen molar-refractivity contribution in [1.82, 2.24) is 0 Å². The SMILES string of the molecule is CCOc1ccc2ccc(=O)oc2c1.CCOc1ccc2ccc(=O)oc2c1. The van der Waals surface area contributed by atoms with E-state index >= 15 is 0 Å². The summed E-state index contributed by atoms with van der Waals surface area (Å²) in [6.07, 6.45) is 0. The summed E-state index contributed by atoms with van der Waals surface area (Å²) in [6.45, 7) is 5.02. The van der Waals surface area contributed by atoms with E-state index in [1.165, 1.54) is 12.1 Å². The second-order valence-corrected chi connectivity index (χ2v) is 5.77. The maximum Gasteiger partial charge on any atom is 0.336 e. The first-order chi connectivity index (χ1) is 13.6. The molecule has 4 rings (SSSR count). The zero-order valence-corrected chi connectivity index (χ0v) is 15.6. The number of hydrogen-bond donors (Lipinski definition) is 0. The monoisotopic (exact) mass is 380 g/mol. The lowest BCUT2D eigenvalue weighted by Gasteiger charge is -2.02. The smallest absolute Gasteiger partial charge is 0.336 e. The molecular formula is C22H20O6. The molecule has 0 atom stereocenters. The van der Waals surface area contributed by atoms with Crippen molar-refractivity contribution in [2.75, 3.05) is 13.2 Å². The molecule has 0 saturated carbocycles. The second-order valence-electron chi connectivity index (χ2n) is 5.77. The molecule has 4 aromatic rings. The summed E-state index contributed by atoms with van der Waals surface area (Å²) in [4.78, 5) is 21.9. The van der Waals surface area contributed by atoms with Gasteiger partial charge in [-0.15, -0.1) is 0 Å². The number of fused-ring (bicyclic) bond motifs is 2. The first kappa shape index (κ1) is 19.2. The maximum absolute atomic E-state index is 10.9. The lowest BCUT2D eigenvalue weighted by molar-refractivity contribution is 0.340. The normalized spacial score (nSPS) is 10.4. The van der Waals surface area contributed by atoms with Crippen LogP contribution in [-0.4, -0.2) is 13.2 Å². The molecule has 0 bridgehead atoms. The molecule has 0 aliphatic rings. The van der Waals surface area contributed by atoms with Crippen molar-refractivity contribution in [1.29, 1.82) is 0 Å². The minimum absolute atomic E-state index is 0.342. The van der Waals surface area contributed by atoms with Gasteiger partial charge in [0, 0.05) is 35.0 Å².